The molecule has 4 heteroatoms. The van der Waals surface area contributed by atoms with Gasteiger partial charge in [-0.25, -0.2) is 4.79 Å². The molecule has 0 amide bonds. The zero-order chi connectivity index (χ0) is 10.8. The first-order chi connectivity index (χ1) is 7.26. The van der Waals surface area contributed by atoms with Crippen LogP contribution >= 0.6 is 0 Å². The minimum Gasteiger partial charge on any atom is -0.493 e. The number of aliphatic hydroxyl groups is 1. The third kappa shape index (κ3) is 1.68. The summed E-state index contributed by atoms with van der Waals surface area (Å²) in [6.07, 6.45) is 0.784. The number of ether oxygens (including phenoxy) is 2. The largest absolute Gasteiger partial charge is 0.493 e. The molecule has 1 aromatic rings. The van der Waals surface area contributed by atoms with Crippen LogP contribution in [0.5, 0.6) is 5.75 Å². The third-order valence-corrected chi connectivity index (χ3v) is 2.50. The summed E-state index contributed by atoms with van der Waals surface area (Å²) < 4.78 is 9.98. The molecule has 1 aromatic carbocycles. The number of carbonyl (C=O) groups excluding carboxylic acids is 1. The highest BCUT2D eigenvalue weighted by Gasteiger charge is 2.19. The zero-order valence-corrected chi connectivity index (χ0v) is 8.45. The fraction of sp³-hybridized carbons (Fsp3) is 0.364. The SMILES string of the molecule is COC(=O)c1cc(CO)c2c(c1)OCC2. The van der Waals surface area contributed by atoms with Gasteiger partial charge in [-0.2, -0.15) is 0 Å². The molecular weight excluding hydrogens is 196 g/mol. The van der Waals surface area contributed by atoms with E-state index < -0.39 is 5.97 Å². The Kier molecular flexibility index (Phi) is 2.60. The van der Waals surface area contributed by atoms with Crippen LogP contribution in [0.15, 0.2) is 12.1 Å². The monoisotopic (exact) mass is 208 g/mol. The molecule has 1 heterocycles. The molecule has 0 saturated carbocycles. The smallest absolute Gasteiger partial charge is 0.337 e. The molecule has 80 valence electrons. The Balaban J connectivity index is 2.48. The molecule has 1 aliphatic heterocycles. The molecule has 2 rings (SSSR count). The Labute approximate surface area is 87.4 Å². The summed E-state index contributed by atoms with van der Waals surface area (Å²) in [5, 5.41) is 9.17. The molecule has 0 fully saturated rings. The van der Waals surface area contributed by atoms with Gasteiger partial charge in [0.1, 0.15) is 5.75 Å². The summed E-state index contributed by atoms with van der Waals surface area (Å²) in [5.41, 5.74) is 2.15. The lowest BCUT2D eigenvalue weighted by molar-refractivity contribution is 0.0600. The number of hydrogen-bond donors (Lipinski definition) is 1. The number of rotatable bonds is 2. The van der Waals surface area contributed by atoms with Gasteiger partial charge >= 0.3 is 5.97 Å². The van der Waals surface area contributed by atoms with Crippen LogP contribution in [-0.4, -0.2) is 24.8 Å². The molecule has 0 atom stereocenters. The first-order valence-corrected chi connectivity index (χ1v) is 4.74. The van der Waals surface area contributed by atoms with E-state index in [0.717, 1.165) is 17.5 Å². The number of methoxy groups -OCH3 is 1. The van der Waals surface area contributed by atoms with E-state index in [4.69, 9.17) is 4.74 Å². The van der Waals surface area contributed by atoms with Crippen LogP contribution in [0, 0.1) is 0 Å². The minimum atomic E-state index is -0.414. The number of fused-ring (bicyclic) bond motifs is 1. The topological polar surface area (TPSA) is 55.8 Å². The second-order valence-corrected chi connectivity index (χ2v) is 3.36. The Morgan fingerprint density at radius 3 is 3.07 bits per heavy atom. The first-order valence-electron chi connectivity index (χ1n) is 4.74. The Bertz CT molecular complexity index is 398. The van der Waals surface area contributed by atoms with Crippen molar-refractivity contribution in [1.29, 1.82) is 0 Å². The highest BCUT2D eigenvalue weighted by molar-refractivity contribution is 5.90. The van der Waals surface area contributed by atoms with E-state index >= 15 is 0 Å². The zero-order valence-electron chi connectivity index (χ0n) is 8.45. The number of benzene rings is 1. The molecule has 0 saturated heterocycles. The predicted molar refractivity (Wildman–Crippen MR) is 52.9 cm³/mol. The van der Waals surface area contributed by atoms with E-state index in [1.165, 1.54) is 7.11 Å². The Hall–Kier alpha value is -1.55. The maximum absolute atomic E-state index is 11.3. The first kappa shape index (κ1) is 9.98. The lowest BCUT2D eigenvalue weighted by Gasteiger charge is -2.07. The van der Waals surface area contributed by atoms with Gasteiger partial charge in [0.05, 0.1) is 25.9 Å². The van der Waals surface area contributed by atoms with Crippen molar-refractivity contribution in [3.8, 4) is 5.75 Å². The maximum atomic E-state index is 11.3. The van der Waals surface area contributed by atoms with Crippen molar-refractivity contribution in [2.75, 3.05) is 13.7 Å². The molecule has 0 bridgehead atoms. The minimum absolute atomic E-state index is 0.0868. The molecule has 0 spiro atoms. The van der Waals surface area contributed by atoms with Crippen molar-refractivity contribution in [3.05, 3.63) is 28.8 Å². The average molecular weight is 208 g/mol. The van der Waals surface area contributed by atoms with Crippen LogP contribution in [0.4, 0.5) is 0 Å². The Morgan fingerprint density at radius 2 is 2.40 bits per heavy atom. The van der Waals surface area contributed by atoms with E-state index in [0.29, 0.717) is 17.9 Å². The van der Waals surface area contributed by atoms with Crippen molar-refractivity contribution in [3.63, 3.8) is 0 Å². The van der Waals surface area contributed by atoms with Gasteiger partial charge in [-0.3, -0.25) is 0 Å². The standard InChI is InChI=1S/C11H12O4/c1-14-11(13)7-4-8(6-12)9-2-3-15-10(9)5-7/h4-5,12H,2-3,6H2,1H3. The van der Waals surface area contributed by atoms with E-state index in [9.17, 15) is 9.90 Å². The Morgan fingerprint density at radius 1 is 1.60 bits per heavy atom. The summed E-state index contributed by atoms with van der Waals surface area (Å²) in [7, 11) is 1.33. The summed E-state index contributed by atoms with van der Waals surface area (Å²) in [4.78, 5) is 11.3. The number of aliphatic hydroxyl groups excluding tert-OH is 1. The lowest BCUT2D eigenvalue weighted by Crippen LogP contribution is -2.03. The quantitative estimate of drug-likeness (QED) is 0.734. The summed E-state index contributed by atoms with van der Waals surface area (Å²) in [5.74, 6) is 0.268. The summed E-state index contributed by atoms with van der Waals surface area (Å²) >= 11 is 0. The van der Waals surface area contributed by atoms with Crippen molar-refractivity contribution < 1.29 is 19.4 Å². The van der Waals surface area contributed by atoms with Gasteiger partial charge < -0.3 is 14.6 Å². The summed E-state index contributed by atoms with van der Waals surface area (Å²) in [6.45, 7) is 0.517. The van der Waals surface area contributed by atoms with Gasteiger partial charge in [-0.05, 0) is 17.7 Å². The third-order valence-electron chi connectivity index (χ3n) is 2.50. The van der Waals surface area contributed by atoms with E-state index in [-0.39, 0.29) is 6.61 Å². The summed E-state index contributed by atoms with van der Waals surface area (Å²) in [6, 6.07) is 3.31. The van der Waals surface area contributed by atoms with Crippen molar-refractivity contribution in [2.24, 2.45) is 0 Å². The lowest BCUT2D eigenvalue weighted by atomic mass is 10.0. The number of carbonyl (C=O) groups is 1. The van der Waals surface area contributed by atoms with Crippen LogP contribution in [0.3, 0.4) is 0 Å². The molecule has 0 aromatic heterocycles. The van der Waals surface area contributed by atoms with Crippen LogP contribution in [0.25, 0.3) is 0 Å². The van der Waals surface area contributed by atoms with E-state index in [1.54, 1.807) is 12.1 Å². The molecule has 0 radical (unpaired) electrons. The maximum Gasteiger partial charge on any atom is 0.337 e. The molecule has 1 aliphatic rings. The fourth-order valence-corrected chi connectivity index (χ4v) is 1.76. The van der Waals surface area contributed by atoms with Crippen LogP contribution in [-0.2, 0) is 17.8 Å². The van der Waals surface area contributed by atoms with Crippen LogP contribution in [0.1, 0.15) is 21.5 Å². The normalized spacial score (nSPS) is 13.2. The fourth-order valence-electron chi connectivity index (χ4n) is 1.76. The molecule has 0 aliphatic carbocycles. The van der Waals surface area contributed by atoms with Gasteiger partial charge in [0, 0.05) is 12.0 Å². The predicted octanol–water partition coefficient (Wildman–Crippen LogP) is 0.900. The molecule has 1 N–H and O–H groups in total. The van der Waals surface area contributed by atoms with Gasteiger partial charge in [0.15, 0.2) is 0 Å². The molecule has 0 unspecified atom stereocenters. The van der Waals surface area contributed by atoms with Gasteiger partial charge in [-0.1, -0.05) is 0 Å². The molecule has 4 nitrogen and oxygen atoms in total. The molecule has 15 heavy (non-hydrogen) atoms. The van der Waals surface area contributed by atoms with Crippen molar-refractivity contribution in [2.45, 2.75) is 13.0 Å². The highest BCUT2D eigenvalue weighted by Crippen LogP contribution is 2.30. The highest BCUT2D eigenvalue weighted by atomic mass is 16.5. The number of hydrogen-bond acceptors (Lipinski definition) is 4. The van der Waals surface area contributed by atoms with E-state index in [1.807, 2.05) is 0 Å². The van der Waals surface area contributed by atoms with Gasteiger partial charge in [-0.15, -0.1) is 0 Å². The van der Waals surface area contributed by atoms with Crippen LogP contribution in [0.2, 0.25) is 0 Å². The second-order valence-electron chi connectivity index (χ2n) is 3.36. The van der Waals surface area contributed by atoms with Crippen molar-refractivity contribution >= 4 is 5.97 Å². The average Bonchev–Trinajstić information content (AvgIpc) is 2.74. The number of esters is 1. The van der Waals surface area contributed by atoms with Crippen LogP contribution < -0.4 is 4.74 Å². The van der Waals surface area contributed by atoms with Gasteiger partial charge in [0.2, 0.25) is 0 Å². The van der Waals surface area contributed by atoms with Gasteiger partial charge in [0.25, 0.3) is 0 Å². The molecular formula is C11H12O4. The van der Waals surface area contributed by atoms with E-state index in [2.05, 4.69) is 4.74 Å². The second kappa shape index (κ2) is 3.90. The van der Waals surface area contributed by atoms with Crippen molar-refractivity contribution in [1.82, 2.24) is 0 Å².